The molecule has 4 aromatic rings. The number of ketones is 1. The lowest BCUT2D eigenvalue weighted by Gasteiger charge is -2.57. The van der Waals surface area contributed by atoms with Gasteiger partial charge in [0.05, 0.1) is 15.8 Å². The lowest BCUT2D eigenvalue weighted by molar-refractivity contribution is -0.134. The smallest absolute Gasteiger partial charge is 0.254 e. The molecule has 4 nitrogen and oxygen atoms in total. The molecule has 178 valence electrons. The van der Waals surface area contributed by atoms with E-state index in [1.165, 1.54) is 12.1 Å². The first-order chi connectivity index (χ1) is 16.9. The molecule has 6 rings (SSSR count). The van der Waals surface area contributed by atoms with E-state index in [2.05, 4.69) is 28.1 Å². The van der Waals surface area contributed by atoms with E-state index in [0.29, 0.717) is 12.3 Å². The van der Waals surface area contributed by atoms with E-state index in [-0.39, 0.29) is 29.1 Å². The number of halogens is 1. The average molecular weight is 487 g/mol. The summed E-state index contributed by atoms with van der Waals surface area (Å²) in [4.78, 5) is 24.7. The van der Waals surface area contributed by atoms with Crippen molar-refractivity contribution in [1.82, 2.24) is 9.88 Å². The molecular formula is C29H27FN2O2S. The molecule has 6 heteroatoms. The van der Waals surface area contributed by atoms with Gasteiger partial charge in [0.25, 0.3) is 5.91 Å². The molecule has 1 N–H and O–H groups in total. The van der Waals surface area contributed by atoms with E-state index >= 15 is 0 Å². The van der Waals surface area contributed by atoms with E-state index in [0.717, 1.165) is 58.2 Å². The number of rotatable bonds is 6. The number of nitrogens with one attached hydrogen (secondary N) is 1. The fourth-order valence-corrected chi connectivity index (χ4v) is 6.87. The van der Waals surface area contributed by atoms with Gasteiger partial charge in [-0.25, -0.2) is 4.39 Å². The molecule has 2 fully saturated rings. The van der Waals surface area contributed by atoms with Crippen LogP contribution in [-0.2, 0) is 11.3 Å². The van der Waals surface area contributed by atoms with Crippen molar-refractivity contribution >= 4 is 33.2 Å². The molecule has 2 heterocycles. The quantitative estimate of drug-likeness (QED) is 0.341. The predicted molar refractivity (Wildman–Crippen MR) is 137 cm³/mol. The average Bonchev–Trinajstić information content (AvgIpc) is 3.38. The zero-order chi connectivity index (χ0) is 24.2. The topological polar surface area (TPSA) is 51.1 Å². The van der Waals surface area contributed by atoms with Gasteiger partial charge in [-0.1, -0.05) is 36.4 Å². The molecule has 0 bridgehead atoms. The van der Waals surface area contributed by atoms with Crippen molar-refractivity contribution in [2.45, 2.75) is 45.2 Å². The number of hydrogen-bond donors (Lipinski definition) is 1. The van der Waals surface area contributed by atoms with Crippen LogP contribution in [0.3, 0.4) is 0 Å². The number of carbonyl (C=O) groups is 2. The highest BCUT2D eigenvalue weighted by Crippen LogP contribution is 2.58. The molecule has 2 saturated carbocycles. The SMILES string of the molecule is CC(=O)C1CC2(CC(NC(=O)c3csc4ccn(Cc5ccc(-c6cccc(F)c6)cc5)c34)C2)C1. The Kier molecular flexibility index (Phi) is 5.37. The summed E-state index contributed by atoms with van der Waals surface area (Å²) in [7, 11) is 0. The normalized spacial score (nSPS) is 23.1. The van der Waals surface area contributed by atoms with Crippen LogP contribution < -0.4 is 5.32 Å². The van der Waals surface area contributed by atoms with Crippen LogP contribution in [-0.4, -0.2) is 22.3 Å². The molecule has 2 aromatic heterocycles. The number of nitrogens with zero attached hydrogens (tertiary/aromatic N) is 1. The van der Waals surface area contributed by atoms with E-state index in [1.807, 2.05) is 29.8 Å². The monoisotopic (exact) mass is 486 g/mol. The van der Waals surface area contributed by atoms with Gasteiger partial charge in [0, 0.05) is 30.1 Å². The number of thiophene rings is 1. The zero-order valence-corrected chi connectivity index (χ0v) is 20.4. The fraction of sp³-hybridized carbons (Fsp3) is 0.310. The van der Waals surface area contributed by atoms with Gasteiger partial charge < -0.3 is 9.88 Å². The number of aromatic nitrogens is 1. The molecule has 1 amide bonds. The van der Waals surface area contributed by atoms with Gasteiger partial charge in [-0.3, -0.25) is 9.59 Å². The summed E-state index contributed by atoms with van der Waals surface area (Å²) in [6.07, 6.45) is 5.96. The maximum atomic E-state index is 13.6. The Hall–Kier alpha value is -3.25. The zero-order valence-electron chi connectivity index (χ0n) is 19.6. The molecule has 2 aliphatic rings. The van der Waals surface area contributed by atoms with Crippen LogP contribution in [0, 0.1) is 17.2 Å². The van der Waals surface area contributed by atoms with Gasteiger partial charge in [-0.05, 0) is 72.9 Å². The van der Waals surface area contributed by atoms with Crippen LogP contribution in [0.1, 0.15) is 48.5 Å². The predicted octanol–water partition coefficient (Wildman–Crippen LogP) is 6.43. The van der Waals surface area contributed by atoms with Crippen LogP contribution in [0.4, 0.5) is 4.39 Å². The number of carbonyl (C=O) groups excluding carboxylic acids is 2. The summed E-state index contributed by atoms with van der Waals surface area (Å²) in [5, 5.41) is 5.18. The highest BCUT2D eigenvalue weighted by atomic mass is 32.1. The van der Waals surface area contributed by atoms with Crippen LogP contribution in [0.25, 0.3) is 21.3 Å². The molecule has 0 saturated heterocycles. The molecule has 0 radical (unpaired) electrons. The summed E-state index contributed by atoms with van der Waals surface area (Å²) in [6, 6.07) is 17.0. The second kappa shape index (κ2) is 8.45. The summed E-state index contributed by atoms with van der Waals surface area (Å²) >= 11 is 1.59. The maximum Gasteiger partial charge on any atom is 0.254 e. The Labute approximate surface area is 207 Å². The molecule has 1 spiro atoms. The van der Waals surface area contributed by atoms with Crippen LogP contribution >= 0.6 is 11.3 Å². The lowest BCUT2D eigenvalue weighted by Crippen LogP contribution is -2.57. The number of amides is 1. The number of fused-ring (bicyclic) bond motifs is 1. The van der Waals surface area contributed by atoms with Crippen molar-refractivity contribution < 1.29 is 14.0 Å². The van der Waals surface area contributed by atoms with Crippen molar-refractivity contribution in [3.8, 4) is 11.1 Å². The molecule has 2 aliphatic carbocycles. The van der Waals surface area contributed by atoms with E-state index < -0.39 is 0 Å². The third-order valence-corrected chi connectivity index (χ3v) is 8.76. The Morgan fingerprint density at radius 1 is 1.06 bits per heavy atom. The van der Waals surface area contributed by atoms with Gasteiger partial charge in [-0.15, -0.1) is 11.3 Å². The third-order valence-electron chi connectivity index (χ3n) is 7.82. The second-order valence-corrected chi connectivity index (χ2v) is 11.2. The first-order valence-electron chi connectivity index (χ1n) is 12.1. The summed E-state index contributed by atoms with van der Waals surface area (Å²) in [5.41, 5.74) is 4.93. The minimum Gasteiger partial charge on any atom is -0.349 e. The van der Waals surface area contributed by atoms with E-state index in [9.17, 15) is 14.0 Å². The molecule has 0 aliphatic heterocycles. The van der Waals surface area contributed by atoms with E-state index in [1.54, 1.807) is 24.3 Å². The van der Waals surface area contributed by atoms with Crippen molar-refractivity contribution in [3.05, 3.63) is 83.1 Å². The van der Waals surface area contributed by atoms with Crippen LogP contribution in [0.15, 0.2) is 66.2 Å². The highest BCUT2D eigenvalue weighted by molar-refractivity contribution is 7.17. The van der Waals surface area contributed by atoms with E-state index in [4.69, 9.17) is 0 Å². The van der Waals surface area contributed by atoms with Crippen LogP contribution in [0.5, 0.6) is 0 Å². The number of hydrogen-bond acceptors (Lipinski definition) is 3. The van der Waals surface area contributed by atoms with Crippen molar-refractivity contribution in [2.75, 3.05) is 0 Å². The van der Waals surface area contributed by atoms with Gasteiger partial charge in [0.1, 0.15) is 11.6 Å². The molecule has 0 atom stereocenters. The summed E-state index contributed by atoms with van der Waals surface area (Å²) in [6.45, 7) is 2.34. The summed E-state index contributed by atoms with van der Waals surface area (Å²) < 4.78 is 16.8. The van der Waals surface area contributed by atoms with Gasteiger partial charge in [-0.2, -0.15) is 0 Å². The second-order valence-electron chi connectivity index (χ2n) is 10.3. The molecule has 2 aromatic carbocycles. The largest absolute Gasteiger partial charge is 0.349 e. The lowest BCUT2D eigenvalue weighted by atomic mass is 9.49. The fourth-order valence-electron chi connectivity index (χ4n) is 5.93. The minimum atomic E-state index is -0.241. The standard InChI is InChI=1S/C29H27FN2O2S/c1-18(33)22-12-29(13-22)14-24(15-29)31-28(34)25-17-35-26-9-10-32(27(25)26)16-19-5-7-20(8-6-19)21-3-2-4-23(30)11-21/h2-11,17,22,24H,12-16H2,1H3,(H,31,34). The van der Waals surface area contributed by atoms with Gasteiger partial charge >= 0.3 is 0 Å². The molecular weight excluding hydrogens is 459 g/mol. The first kappa shape index (κ1) is 22.2. The Morgan fingerprint density at radius 3 is 2.54 bits per heavy atom. The van der Waals surface area contributed by atoms with Crippen molar-refractivity contribution in [2.24, 2.45) is 11.3 Å². The Morgan fingerprint density at radius 2 is 1.83 bits per heavy atom. The van der Waals surface area contributed by atoms with Crippen molar-refractivity contribution in [3.63, 3.8) is 0 Å². The van der Waals surface area contributed by atoms with Crippen molar-refractivity contribution in [1.29, 1.82) is 0 Å². The highest BCUT2D eigenvalue weighted by Gasteiger charge is 2.54. The number of benzene rings is 2. The summed E-state index contributed by atoms with van der Waals surface area (Å²) in [5.74, 6) is 0.275. The number of Topliss-reactive ketones (excluding diaryl/α,β-unsaturated/α-hetero) is 1. The molecule has 0 unspecified atom stereocenters. The Balaban J connectivity index is 1.14. The maximum absolute atomic E-state index is 13.6. The first-order valence-corrected chi connectivity index (χ1v) is 13.0. The van der Waals surface area contributed by atoms with Gasteiger partial charge in [0.15, 0.2) is 0 Å². The third kappa shape index (κ3) is 4.10. The minimum absolute atomic E-state index is 0.0139. The van der Waals surface area contributed by atoms with Gasteiger partial charge in [0.2, 0.25) is 0 Å². The van der Waals surface area contributed by atoms with Crippen LogP contribution in [0.2, 0.25) is 0 Å². The molecule has 35 heavy (non-hydrogen) atoms. The Bertz CT molecular complexity index is 1420.